The maximum atomic E-state index is 12.4. The highest BCUT2D eigenvalue weighted by atomic mass is 32.2. The molecule has 1 aromatic rings. The molecule has 106 valence electrons. The van der Waals surface area contributed by atoms with Crippen molar-refractivity contribution in [2.45, 2.75) is 44.2 Å². The second-order valence-corrected chi connectivity index (χ2v) is 6.83. The minimum Gasteiger partial charge on any atom is -0.310 e. The van der Waals surface area contributed by atoms with Gasteiger partial charge in [0.1, 0.15) is 0 Å². The van der Waals surface area contributed by atoms with Crippen molar-refractivity contribution in [3.05, 3.63) is 29.8 Å². The van der Waals surface area contributed by atoms with Crippen LogP contribution < -0.4 is 5.32 Å². The lowest BCUT2D eigenvalue weighted by atomic mass is 10.2. The summed E-state index contributed by atoms with van der Waals surface area (Å²) in [5.74, 6) is 0. The van der Waals surface area contributed by atoms with Crippen LogP contribution in [0.15, 0.2) is 29.2 Å². The third-order valence-corrected chi connectivity index (χ3v) is 5.46. The van der Waals surface area contributed by atoms with E-state index in [1.165, 1.54) is 17.1 Å². The van der Waals surface area contributed by atoms with E-state index in [0.29, 0.717) is 24.0 Å². The standard InChI is InChI=1S/C14H22N2O2S/c1-3-16(4-2)19(17,18)14-7-5-6-12(10-14)11-15-13-8-9-13/h5-7,10,13,15H,3-4,8-9,11H2,1-2H3. The van der Waals surface area contributed by atoms with Crippen LogP contribution in [0.3, 0.4) is 0 Å². The molecule has 2 rings (SSSR count). The Labute approximate surface area is 115 Å². The third-order valence-electron chi connectivity index (χ3n) is 3.41. The van der Waals surface area contributed by atoms with Gasteiger partial charge in [-0.05, 0) is 30.5 Å². The van der Waals surface area contributed by atoms with Crippen molar-refractivity contribution in [3.63, 3.8) is 0 Å². The van der Waals surface area contributed by atoms with Crippen molar-refractivity contribution >= 4 is 10.0 Å². The molecule has 0 radical (unpaired) electrons. The van der Waals surface area contributed by atoms with Crippen LogP contribution in [-0.2, 0) is 16.6 Å². The molecule has 0 atom stereocenters. The Hall–Kier alpha value is -0.910. The number of benzene rings is 1. The zero-order valence-corrected chi connectivity index (χ0v) is 12.4. The smallest absolute Gasteiger partial charge is 0.243 e. The van der Waals surface area contributed by atoms with E-state index < -0.39 is 10.0 Å². The first-order valence-electron chi connectivity index (χ1n) is 6.90. The van der Waals surface area contributed by atoms with Gasteiger partial charge in [-0.15, -0.1) is 0 Å². The van der Waals surface area contributed by atoms with Crippen molar-refractivity contribution in [3.8, 4) is 0 Å². The molecule has 0 aliphatic heterocycles. The van der Waals surface area contributed by atoms with Crippen LogP contribution in [0, 0.1) is 0 Å². The third kappa shape index (κ3) is 3.55. The Bertz CT molecular complexity index is 520. The first-order chi connectivity index (χ1) is 9.07. The quantitative estimate of drug-likeness (QED) is 0.832. The minimum absolute atomic E-state index is 0.395. The summed E-state index contributed by atoms with van der Waals surface area (Å²) in [6, 6.07) is 7.87. The SMILES string of the molecule is CCN(CC)S(=O)(=O)c1cccc(CNC2CC2)c1. The summed E-state index contributed by atoms with van der Waals surface area (Å²) in [5, 5.41) is 3.40. The Balaban J connectivity index is 2.16. The van der Waals surface area contributed by atoms with E-state index in [0.717, 1.165) is 12.1 Å². The van der Waals surface area contributed by atoms with Gasteiger partial charge >= 0.3 is 0 Å². The van der Waals surface area contributed by atoms with E-state index in [1.807, 2.05) is 26.0 Å². The van der Waals surface area contributed by atoms with Gasteiger partial charge in [0.05, 0.1) is 4.90 Å². The Morgan fingerprint density at radius 1 is 1.26 bits per heavy atom. The highest BCUT2D eigenvalue weighted by Crippen LogP contribution is 2.20. The van der Waals surface area contributed by atoms with Gasteiger partial charge in [-0.1, -0.05) is 26.0 Å². The molecule has 0 amide bonds. The molecule has 0 saturated heterocycles. The van der Waals surface area contributed by atoms with Gasteiger partial charge < -0.3 is 5.32 Å². The van der Waals surface area contributed by atoms with Crippen LogP contribution in [0.2, 0.25) is 0 Å². The normalized spacial score (nSPS) is 15.9. The Morgan fingerprint density at radius 3 is 2.53 bits per heavy atom. The Kier molecular flexibility index (Phi) is 4.60. The molecule has 1 aliphatic carbocycles. The van der Waals surface area contributed by atoms with E-state index in [9.17, 15) is 8.42 Å². The summed E-state index contributed by atoms with van der Waals surface area (Å²) < 4.78 is 26.3. The first kappa shape index (κ1) is 14.5. The van der Waals surface area contributed by atoms with Crippen molar-refractivity contribution < 1.29 is 8.42 Å². The molecule has 0 heterocycles. The summed E-state index contributed by atoms with van der Waals surface area (Å²) in [7, 11) is -3.34. The van der Waals surface area contributed by atoms with Crippen LogP contribution in [0.4, 0.5) is 0 Å². The fourth-order valence-electron chi connectivity index (χ4n) is 2.08. The highest BCUT2D eigenvalue weighted by Gasteiger charge is 2.22. The van der Waals surface area contributed by atoms with Crippen LogP contribution >= 0.6 is 0 Å². The fraction of sp³-hybridized carbons (Fsp3) is 0.571. The molecular weight excluding hydrogens is 260 g/mol. The fourth-order valence-corrected chi connectivity index (χ4v) is 3.61. The monoisotopic (exact) mass is 282 g/mol. The number of hydrogen-bond acceptors (Lipinski definition) is 3. The average molecular weight is 282 g/mol. The van der Waals surface area contributed by atoms with Crippen molar-refractivity contribution in [1.29, 1.82) is 0 Å². The van der Waals surface area contributed by atoms with E-state index in [1.54, 1.807) is 12.1 Å². The zero-order valence-electron chi connectivity index (χ0n) is 11.6. The van der Waals surface area contributed by atoms with Crippen LogP contribution in [0.25, 0.3) is 0 Å². The summed E-state index contributed by atoms with van der Waals surface area (Å²) in [6.07, 6.45) is 2.47. The second kappa shape index (κ2) is 6.03. The molecule has 1 aromatic carbocycles. The van der Waals surface area contributed by atoms with Crippen LogP contribution in [0.5, 0.6) is 0 Å². The molecule has 0 bridgehead atoms. The van der Waals surface area contributed by atoms with Crippen molar-refractivity contribution in [2.24, 2.45) is 0 Å². The van der Waals surface area contributed by atoms with Gasteiger partial charge in [0.25, 0.3) is 0 Å². The number of nitrogens with one attached hydrogen (secondary N) is 1. The van der Waals surface area contributed by atoms with E-state index >= 15 is 0 Å². The lowest BCUT2D eigenvalue weighted by molar-refractivity contribution is 0.445. The van der Waals surface area contributed by atoms with E-state index in [4.69, 9.17) is 0 Å². The van der Waals surface area contributed by atoms with Gasteiger partial charge in [0, 0.05) is 25.7 Å². The summed E-state index contributed by atoms with van der Waals surface area (Å²) >= 11 is 0. The number of nitrogens with zero attached hydrogens (tertiary/aromatic N) is 1. The van der Waals surface area contributed by atoms with Gasteiger partial charge in [-0.2, -0.15) is 4.31 Å². The lowest BCUT2D eigenvalue weighted by Crippen LogP contribution is -2.30. The average Bonchev–Trinajstić information content (AvgIpc) is 3.22. The molecule has 1 aliphatic rings. The predicted octanol–water partition coefficient (Wildman–Crippen LogP) is 1.97. The molecular formula is C14H22N2O2S. The molecule has 1 saturated carbocycles. The van der Waals surface area contributed by atoms with Crippen molar-refractivity contribution in [1.82, 2.24) is 9.62 Å². The molecule has 5 heteroatoms. The largest absolute Gasteiger partial charge is 0.310 e. The topological polar surface area (TPSA) is 49.4 Å². The molecule has 1 fully saturated rings. The summed E-state index contributed by atoms with van der Waals surface area (Å²) in [6.45, 7) is 5.47. The molecule has 4 nitrogen and oxygen atoms in total. The van der Waals surface area contributed by atoms with E-state index in [2.05, 4.69) is 5.32 Å². The predicted molar refractivity (Wildman–Crippen MR) is 76.4 cm³/mol. The van der Waals surface area contributed by atoms with Gasteiger partial charge in [0.2, 0.25) is 10.0 Å². The molecule has 0 spiro atoms. The molecule has 1 N–H and O–H groups in total. The number of hydrogen-bond donors (Lipinski definition) is 1. The Morgan fingerprint density at radius 2 is 1.95 bits per heavy atom. The van der Waals surface area contributed by atoms with Crippen LogP contribution in [0.1, 0.15) is 32.3 Å². The minimum atomic E-state index is -3.34. The van der Waals surface area contributed by atoms with E-state index in [-0.39, 0.29) is 0 Å². The maximum Gasteiger partial charge on any atom is 0.243 e. The highest BCUT2D eigenvalue weighted by molar-refractivity contribution is 7.89. The van der Waals surface area contributed by atoms with Gasteiger partial charge in [-0.25, -0.2) is 8.42 Å². The second-order valence-electron chi connectivity index (χ2n) is 4.89. The lowest BCUT2D eigenvalue weighted by Gasteiger charge is -2.18. The molecule has 0 aromatic heterocycles. The zero-order chi connectivity index (χ0) is 13.9. The maximum absolute atomic E-state index is 12.4. The summed E-state index contributed by atoms with van der Waals surface area (Å²) in [4.78, 5) is 0.395. The first-order valence-corrected chi connectivity index (χ1v) is 8.34. The van der Waals surface area contributed by atoms with Gasteiger partial charge in [-0.3, -0.25) is 0 Å². The van der Waals surface area contributed by atoms with Gasteiger partial charge in [0.15, 0.2) is 0 Å². The number of rotatable bonds is 7. The number of sulfonamides is 1. The van der Waals surface area contributed by atoms with Crippen LogP contribution in [-0.4, -0.2) is 31.9 Å². The van der Waals surface area contributed by atoms with Crippen molar-refractivity contribution in [2.75, 3.05) is 13.1 Å². The summed E-state index contributed by atoms with van der Waals surface area (Å²) in [5.41, 5.74) is 1.03. The molecule has 0 unspecified atom stereocenters. The molecule has 19 heavy (non-hydrogen) atoms.